The summed E-state index contributed by atoms with van der Waals surface area (Å²) in [5, 5.41) is 10.7. The zero-order valence-corrected chi connectivity index (χ0v) is 16.2. The molecule has 0 bridgehead atoms. The van der Waals surface area contributed by atoms with Crippen LogP contribution in [0.4, 0.5) is 28.0 Å². The van der Waals surface area contributed by atoms with Gasteiger partial charge in [0.15, 0.2) is 0 Å². The van der Waals surface area contributed by atoms with Crippen molar-refractivity contribution in [3.63, 3.8) is 0 Å². The van der Waals surface area contributed by atoms with Gasteiger partial charge in [0.2, 0.25) is 11.8 Å². The number of carbonyl (C=O) groups is 1. The molecule has 1 aromatic heterocycles. The molecule has 3 aromatic rings. The van der Waals surface area contributed by atoms with Gasteiger partial charge >= 0.3 is 12.2 Å². The van der Waals surface area contributed by atoms with Gasteiger partial charge in [0, 0.05) is 24.3 Å². The Kier molecular flexibility index (Phi) is 5.62. The average molecular weight is 434 g/mol. The van der Waals surface area contributed by atoms with E-state index in [4.69, 9.17) is 4.42 Å². The van der Waals surface area contributed by atoms with Crippen LogP contribution >= 0.6 is 0 Å². The molecule has 1 N–H and O–H groups in total. The predicted octanol–water partition coefficient (Wildman–Crippen LogP) is 5.31. The monoisotopic (exact) mass is 434 g/mol. The molecule has 1 fully saturated rings. The van der Waals surface area contributed by atoms with E-state index in [2.05, 4.69) is 15.5 Å². The van der Waals surface area contributed by atoms with Crippen LogP contribution in [0.15, 0.2) is 52.9 Å². The number of anilines is 1. The fraction of sp³-hybridized carbons (Fsp3) is 0.286. The number of halogens is 4. The molecule has 1 saturated heterocycles. The van der Waals surface area contributed by atoms with Crippen molar-refractivity contribution in [3.05, 3.63) is 65.8 Å². The van der Waals surface area contributed by atoms with Crippen LogP contribution in [-0.4, -0.2) is 34.2 Å². The van der Waals surface area contributed by atoms with Crippen molar-refractivity contribution in [1.82, 2.24) is 15.1 Å². The second-order valence-corrected chi connectivity index (χ2v) is 7.24. The van der Waals surface area contributed by atoms with Crippen LogP contribution in [0.2, 0.25) is 0 Å². The quantitative estimate of drug-likeness (QED) is 0.568. The fourth-order valence-electron chi connectivity index (χ4n) is 3.42. The number of carbonyl (C=O) groups excluding carboxylic acids is 1. The minimum atomic E-state index is -4.42. The molecule has 10 heteroatoms. The number of nitrogens with zero attached hydrogens (tertiary/aromatic N) is 3. The molecule has 0 aliphatic carbocycles. The summed E-state index contributed by atoms with van der Waals surface area (Å²) in [6.07, 6.45) is -2.97. The van der Waals surface area contributed by atoms with Crippen LogP contribution in [0.1, 0.15) is 30.2 Å². The van der Waals surface area contributed by atoms with Crippen molar-refractivity contribution >= 4 is 11.7 Å². The van der Waals surface area contributed by atoms with E-state index in [1.807, 2.05) is 0 Å². The lowest BCUT2D eigenvalue weighted by Crippen LogP contribution is -2.41. The number of alkyl halides is 3. The second-order valence-electron chi connectivity index (χ2n) is 7.24. The number of rotatable bonds is 3. The highest BCUT2D eigenvalue weighted by Gasteiger charge is 2.31. The number of amides is 2. The highest BCUT2D eigenvalue weighted by atomic mass is 19.4. The maximum atomic E-state index is 13.0. The first-order chi connectivity index (χ1) is 14.8. The smallest absolute Gasteiger partial charge is 0.416 e. The molecule has 6 nitrogen and oxygen atoms in total. The molecule has 4 rings (SSSR count). The normalized spacial score (nSPS) is 16.9. The Hall–Kier alpha value is -3.43. The van der Waals surface area contributed by atoms with Crippen LogP contribution in [0.5, 0.6) is 0 Å². The van der Waals surface area contributed by atoms with E-state index in [-0.39, 0.29) is 17.8 Å². The number of aromatic nitrogens is 2. The standard InChI is InChI=1S/C21H18F4N4O2/c22-16-7-9-17(10-8-16)26-20(30)29-11-1-2-14(12-29)19-28-27-18(31-19)13-3-5-15(6-4-13)21(23,24)25/h3-10,14H,1-2,11-12H2,(H,26,30). The zero-order valence-electron chi connectivity index (χ0n) is 16.2. The number of benzene rings is 2. The van der Waals surface area contributed by atoms with Crippen LogP contribution in [0.25, 0.3) is 11.5 Å². The van der Waals surface area contributed by atoms with Crippen molar-refractivity contribution < 1.29 is 26.8 Å². The Bertz CT molecular complexity index is 1050. The van der Waals surface area contributed by atoms with Crippen molar-refractivity contribution in [1.29, 1.82) is 0 Å². The maximum Gasteiger partial charge on any atom is 0.416 e. The van der Waals surface area contributed by atoms with Gasteiger partial charge in [0.25, 0.3) is 0 Å². The largest absolute Gasteiger partial charge is 0.420 e. The van der Waals surface area contributed by atoms with E-state index in [1.165, 1.54) is 36.4 Å². The van der Waals surface area contributed by atoms with Crippen LogP contribution in [-0.2, 0) is 6.18 Å². The molecular formula is C21H18F4N4O2. The van der Waals surface area contributed by atoms with E-state index in [0.29, 0.717) is 30.2 Å². The summed E-state index contributed by atoms with van der Waals surface area (Å²) < 4.78 is 56.9. The average Bonchev–Trinajstić information content (AvgIpc) is 3.25. The van der Waals surface area contributed by atoms with Crippen molar-refractivity contribution in [2.45, 2.75) is 24.9 Å². The van der Waals surface area contributed by atoms with Gasteiger partial charge in [0.1, 0.15) is 5.82 Å². The van der Waals surface area contributed by atoms with Crippen LogP contribution < -0.4 is 5.32 Å². The summed E-state index contributed by atoms with van der Waals surface area (Å²) in [7, 11) is 0. The molecule has 0 saturated carbocycles. The summed E-state index contributed by atoms with van der Waals surface area (Å²) in [5.41, 5.74) is 0.107. The second kappa shape index (κ2) is 8.37. The van der Waals surface area contributed by atoms with Gasteiger partial charge in [-0.1, -0.05) is 0 Å². The molecule has 1 unspecified atom stereocenters. The predicted molar refractivity (Wildman–Crippen MR) is 104 cm³/mol. The first kappa shape index (κ1) is 20.8. The Morgan fingerprint density at radius 3 is 2.45 bits per heavy atom. The molecule has 2 heterocycles. The summed E-state index contributed by atoms with van der Waals surface area (Å²) in [5.74, 6) is -0.134. The van der Waals surface area contributed by atoms with E-state index in [1.54, 1.807) is 4.90 Å². The molecule has 1 aliphatic heterocycles. The molecule has 0 spiro atoms. The topological polar surface area (TPSA) is 71.3 Å². The van der Waals surface area contributed by atoms with Crippen molar-refractivity contribution in [2.75, 3.05) is 18.4 Å². The molecule has 2 aromatic carbocycles. The zero-order chi connectivity index (χ0) is 22.0. The minimum Gasteiger partial charge on any atom is -0.420 e. The van der Waals surface area contributed by atoms with Gasteiger partial charge in [-0.3, -0.25) is 0 Å². The Balaban J connectivity index is 1.42. The fourth-order valence-corrected chi connectivity index (χ4v) is 3.42. The van der Waals surface area contributed by atoms with E-state index < -0.39 is 17.6 Å². The van der Waals surface area contributed by atoms with Gasteiger partial charge in [-0.25, -0.2) is 9.18 Å². The molecule has 2 amide bonds. The van der Waals surface area contributed by atoms with Crippen molar-refractivity contribution in [3.8, 4) is 11.5 Å². The summed E-state index contributed by atoms with van der Waals surface area (Å²) in [6, 6.07) is 9.63. The lowest BCUT2D eigenvalue weighted by atomic mass is 9.98. The van der Waals surface area contributed by atoms with Crippen LogP contribution in [0, 0.1) is 5.82 Å². The Morgan fingerprint density at radius 2 is 1.77 bits per heavy atom. The number of nitrogens with one attached hydrogen (secondary N) is 1. The molecule has 1 atom stereocenters. The molecule has 1 aliphatic rings. The third-order valence-corrected chi connectivity index (χ3v) is 5.05. The number of piperidine rings is 1. The van der Waals surface area contributed by atoms with E-state index in [0.717, 1.165) is 25.0 Å². The molecule has 0 radical (unpaired) electrons. The first-order valence-corrected chi connectivity index (χ1v) is 9.62. The van der Waals surface area contributed by atoms with Crippen LogP contribution in [0.3, 0.4) is 0 Å². The highest BCUT2D eigenvalue weighted by molar-refractivity contribution is 5.89. The third-order valence-electron chi connectivity index (χ3n) is 5.05. The third kappa shape index (κ3) is 4.84. The maximum absolute atomic E-state index is 13.0. The number of likely N-dealkylation sites (tertiary alicyclic amines) is 1. The lowest BCUT2D eigenvalue weighted by Gasteiger charge is -2.31. The lowest BCUT2D eigenvalue weighted by molar-refractivity contribution is -0.137. The van der Waals surface area contributed by atoms with Gasteiger partial charge in [0.05, 0.1) is 11.5 Å². The SMILES string of the molecule is O=C(Nc1ccc(F)cc1)N1CCCC(c2nnc(-c3ccc(C(F)(F)F)cc3)o2)C1. The summed E-state index contributed by atoms with van der Waals surface area (Å²) in [4.78, 5) is 14.1. The summed E-state index contributed by atoms with van der Waals surface area (Å²) >= 11 is 0. The van der Waals surface area contributed by atoms with Gasteiger partial charge in [-0.2, -0.15) is 13.2 Å². The van der Waals surface area contributed by atoms with Gasteiger partial charge in [-0.15, -0.1) is 10.2 Å². The molecule has 162 valence electrons. The highest BCUT2D eigenvalue weighted by Crippen LogP contribution is 2.32. The Morgan fingerprint density at radius 1 is 1.06 bits per heavy atom. The van der Waals surface area contributed by atoms with Crippen molar-refractivity contribution in [2.24, 2.45) is 0 Å². The van der Waals surface area contributed by atoms with Gasteiger partial charge in [-0.05, 0) is 61.4 Å². The number of hydrogen-bond acceptors (Lipinski definition) is 4. The van der Waals surface area contributed by atoms with E-state index in [9.17, 15) is 22.4 Å². The van der Waals surface area contributed by atoms with E-state index >= 15 is 0 Å². The molecular weight excluding hydrogens is 416 g/mol. The van der Waals surface area contributed by atoms with Gasteiger partial charge < -0.3 is 14.6 Å². The number of hydrogen-bond donors (Lipinski definition) is 1. The minimum absolute atomic E-state index is 0.122. The number of urea groups is 1. The summed E-state index contributed by atoms with van der Waals surface area (Å²) in [6.45, 7) is 0.894. The molecule has 31 heavy (non-hydrogen) atoms. The Labute approximate surface area is 174 Å². The first-order valence-electron chi connectivity index (χ1n) is 9.62.